The Morgan fingerprint density at radius 2 is 1.96 bits per heavy atom. The number of ether oxygens (including phenoxy) is 1. The molecule has 2 atom stereocenters. The number of benzene rings is 2. The van der Waals surface area contributed by atoms with Gasteiger partial charge in [0.25, 0.3) is 0 Å². The molecule has 1 amide bonds. The van der Waals surface area contributed by atoms with Crippen molar-refractivity contribution in [1.29, 1.82) is 0 Å². The number of hydrogen-bond donors (Lipinski definition) is 4. The first-order valence-corrected chi connectivity index (χ1v) is 7.81. The van der Waals surface area contributed by atoms with Crippen molar-refractivity contribution in [2.24, 2.45) is 0 Å². The summed E-state index contributed by atoms with van der Waals surface area (Å²) in [6.07, 6.45) is -3.67. The minimum atomic E-state index is -1.50. The van der Waals surface area contributed by atoms with Gasteiger partial charge in [-0.1, -0.05) is 41.9 Å². The second-order valence-electron chi connectivity index (χ2n) is 5.35. The lowest BCUT2D eigenvalue weighted by Crippen LogP contribution is -2.35. The lowest BCUT2D eigenvalue weighted by molar-refractivity contribution is 0.0183. The van der Waals surface area contributed by atoms with Gasteiger partial charge in [-0.2, -0.15) is 0 Å². The van der Waals surface area contributed by atoms with Crippen LogP contribution in [0.2, 0.25) is 5.02 Å². The molecular formula is C17H18ClFN2O4. The van der Waals surface area contributed by atoms with Crippen LogP contribution in [0.15, 0.2) is 42.5 Å². The summed E-state index contributed by atoms with van der Waals surface area (Å²) in [4.78, 5) is 11.6. The normalized spacial score (nSPS) is 13.1. The van der Waals surface area contributed by atoms with Crippen molar-refractivity contribution >= 4 is 23.4 Å². The summed E-state index contributed by atoms with van der Waals surface area (Å²) in [5.41, 5.74) is 5.98. The first-order valence-electron chi connectivity index (χ1n) is 7.43. The summed E-state index contributed by atoms with van der Waals surface area (Å²) >= 11 is 5.89. The van der Waals surface area contributed by atoms with E-state index in [1.54, 1.807) is 12.1 Å². The zero-order chi connectivity index (χ0) is 18.4. The van der Waals surface area contributed by atoms with E-state index in [0.29, 0.717) is 0 Å². The Balaban J connectivity index is 1.86. The Labute approximate surface area is 149 Å². The zero-order valence-corrected chi connectivity index (χ0v) is 13.9. The number of carbonyl (C=O) groups excluding carboxylic acids is 1. The average Bonchev–Trinajstić information content (AvgIpc) is 2.61. The molecule has 5 N–H and O–H groups in total. The van der Waals surface area contributed by atoms with Gasteiger partial charge in [0.15, 0.2) is 0 Å². The highest BCUT2D eigenvalue weighted by Crippen LogP contribution is 2.29. The molecule has 25 heavy (non-hydrogen) atoms. The largest absolute Gasteiger partial charge is 0.445 e. The van der Waals surface area contributed by atoms with Crippen LogP contribution in [0.3, 0.4) is 0 Å². The molecule has 0 radical (unpaired) electrons. The lowest BCUT2D eigenvalue weighted by Gasteiger charge is -2.20. The van der Waals surface area contributed by atoms with Crippen molar-refractivity contribution in [2.75, 3.05) is 12.3 Å². The molecule has 0 saturated carbocycles. The Bertz CT molecular complexity index is 730. The van der Waals surface area contributed by atoms with Gasteiger partial charge in [-0.05, 0) is 17.7 Å². The summed E-state index contributed by atoms with van der Waals surface area (Å²) in [6, 6.07) is 11.1. The third kappa shape index (κ3) is 5.32. The van der Waals surface area contributed by atoms with Crippen molar-refractivity contribution in [3.8, 4) is 0 Å². The van der Waals surface area contributed by atoms with Crippen LogP contribution >= 0.6 is 11.6 Å². The fourth-order valence-electron chi connectivity index (χ4n) is 2.09. The molecule has 8 heteroatoms. The van der Waals surface area contributed by atoms with E-state index in [1.165, 1.54) is 0 Å². The molecule has 0 aromatic heterocycles. The Morgan fingerprint density at radius 3 is 2.64 bits per heavy atom. The number of alkyl carbamates (subject to hydrolysis) is 1. The smallest absolute Gasteiger partial charge is 0.407 e. The van der Waals surface area contributed by atoms with Gasteiger partial charge in [-0.15, -0.1) is 0 Å². The van der Waals surface area contributed by atoms with Crippen molar-refractivity contribution < 1.29 is 24.1 Å². The van der Waals surface area contributed by atoms with Gasteiger partial charge in [-0.3, -0.25) is 0 Å². The molecular weight excluding hydrogens is 351 g/mol. The van der Waals surface area contributed by atoms with E-state index in [-0.39, 0.29) is 29.4 Å². The highest BCUT2D eigenvalue weighted by atomic mass is 35.5. The van der Waals surface area contributed by atoms with Crippen LogP contribution in [0.5, 0.6) is 0 Å². The SMILES string of the molecule is Nc1cc(Cl)c(C(O)C(O)CNC(=O)OCc2ccccc2)cc1F. The summed E-state index contributed by atoms with van der Waals surface area (Å²) in [5.74, 6) is -0.763. The van der Waals surface area contributed by atoms with E-state index in [2.05, 4.69) is 5.32 Å². The van der Waals surface area contributed by atoms with E-state index in [9.17, 15) is 19.4 Å². The molecule has 2 aromatic rings. The first kappa shape index (κ1) is 19.0. The monoisotopic (exact) mass is 368 g/mol. The van der Waals surface area contributed by atoms with E-state index >= 15 is 0 Å². The number of hydrogen-bond acceptors (Lipinski definition) is 5. The molecule has 0 heterocycles. The Morgan fingerprint density at radius 1 is 1.28 bits per heavy atom. The number of nitrogens with two attached hydrogens (primary N) is 1. The van der Waals surface area contributed by atoms with Gasteiger partial charge < -0.3 is 26.0 Å². The van der Waals surface area contributed by atoms with Gasteiger partial charge in [0.2, 0.25) is 0 Å². The first-order chi connectivity index (χ1) is 11.9. The second-order valence-corrected chi connectivity index (χ2v) is 5.76. The zero-order valence-electron chi connectivity index (χ0n) is 13.2. The van der Waals surface area contributed by atoms with E-state index < -0.39 is 24.1 Å². The molecule has 0 aliphatic heterocycles. The van der Waals surface area contributed by atoms with Gasteiger partial charge in [0.1, 0.15) is 24.6 Å². The Hall–Kier alpha value is -2.35. The molecule has 0 saturated heterocycles. The molecule has 134 valence electrons. The minimum absolute atomic E-state index is 0.0112. The molecule has 0 spiro atoms. The van der Waals surface area contributed by atoms with Crippen molar-refractivity contribution in [1.82, 2.24) is 5.32 Å². The quantitative estimate of drug-likeness (QED) is 0.586. The number of nitrogen functional groups attached to an aromatic ring is 1. The van der Waals surface area contributed by atoms with E-state index in [0.717, 1.165) is 17.7 Å². The number of nitrogens with one attached hydrogen (secondary N) is 1. The summed E-state index contributed by atoms with van der Waals surface area (Å²) in [5, 5.41) is 22.4. The van der Waals surface area contributed by atoms with E-state index in [4.69, 9.17) is 22.1 Å². The van der Waals surface area contributed by atoms with Gasteiger partial charge in [-0.25, -0.2) is 9.18 Å². The number of rotatable bonds is 6. The topological polar surface area (TPSA) is 105 Å². The van der Waals surface area contributed by atoms with Crippen LogP contribution in [0.25, 0.3) is 0 Å². The maximum absolute atomic E-state index is 13.5. The number of halogens is 2. The average molecular weight is 369 g/mol. The molecule has 0 bridgehead atoms. The molecule has 0 fully saturated rings. The third-order valence-electron chi connectivity index (χ3n) is 3.47. The second kappa shape index (κ2) is 8.66. The number of amides is 1. The molecule has 2 unspecified atom stereocenters. The molecule has 0 aliphatic rings. The Kier molecular flexibility index (Phi) is 6.58. The van der Waals surface area contributed by atoms with Crippen molar-refractivity contribution in [2.45, 2.75) is 18.8 Å². The number of carbonyl (C=O) groups is 1. The third-order valence-corrected chi connectivity index (χ3v) is 3.79. The lowest BCUT2D eigenvalue weighted by atomic mass is 10.0. The maximum Gasteiger partial charge on any atom is 0.407 e. The standard InChI is InChI=1S/C17H18ClFN2O4/c18-12-7-14(20)13(19)6-11(12)16(23)15(22)8-21-17(24)25-9-10-4-2-1-3-5-10/h1-7,15-16,22-23H,8-9,20H2,(H,21,24). The van der Waals surface area contributed by atoms with Gasteiger partial charge in [0.05, 0.1) is 5.69 Å². The van der Waals surface area contributed by atoms with Gasteiger partial charge in [0, 0.05) is 17.1 Å². The van der Waals surface area contributed by atoms with Crippen molar-refractivity contribution in [3.05, 3.63) is 64.4 Å². The highest BCUT2D eigenvalue weighted by Gasteiger charge is 2.23. The highest BCUT2D eigenvalue weighted by molar-refractivity contribution is 6.31. The molecule has 2 aromatic carbocycles. The van der Waals surface area contributed by atoms with Gasteiger partial charge >= 0.3 is 6.09 Å². The number of anilines is 1. The molecule has 6 nitrogen and oxygen atoms in total. The summed E-state index contributed by atoms with van der Waals surface area (Å²) < 4.78 is 18.5. The predicted octanol–water partition coefficient (Wildman–Crippen LogP) is 2.38. The van der Waals surface area contributed by atoms with Crippen LogP contribution < -0.4 is 11.1 Å². The summed E-state index contributed by atoms with van der Waals surface area (Å²) in [6.45, 7) is -0.239. The van der Waals surface area contributed by atoms with Crippen LogP contribution in [-0.2, 0) is 11.3 Å². The van der Waals surface area contributed by atoms with Crippen LogP contribution in [-0.4, -0.2) is 29.0 Å². The minimum Gasteiger partial charge on any atom is -0.445 e. The predicted molar refractivity (Wildman–Crippen MR) is 91.4 cm³/mol. The molecule has 2 rings (SSSR count). The summed E-state index contributed by atoms with van der Waals surface area (Å²) in [7, 11) is 0. The number of aliphatic hydroxyl groups excluding tert-OH is 2. The fraction of sp³-hybridized carbons (Fsp3) is 0.235. The van der Waals surface area contributed by atoms with Crippen molar-refractivity contribution in [3.63, 3.8) is 0 Å². The van der Waals surface area contributed by atoms with Crippen LogP contribution in [0.1, 0.15) is 17.2 Å². The van der Waals surface area contributed by atoms with Crippen LogP contribution in [0.4, 0.5) is 14.9 Å². The van der Waals surface area contributed by atoms with E-state index in [1.807, 2.05) is 18.2 Å². The maximum atomic E-state index is 13.5. The fourth-order valence-corrected chi connectivity index (χ4v) is 2.37. The van der Waals surface area contributed by atoms with Crippen LogP contribution in [0, 0.1) is 5.82 Å². The molecule has 0 aliphatic carbocycles. The number of aliphatic hydroxyl groups is 2.